The molecule has 2 aliphatic rings. The van der Waals surface area contributed by atoms with E-state index in [1.165, 1.54) is 30.6 Å². The maximum absolute atomic E-state index is 12.9. The van der Waals surface area contributed by atoms with E-state index in [1.54, 1.807) is 12.1 Å². The van der Waals surface area contributed by atoms with Gasteiger partial charge >= 0.3 is 12.1 Å². The van der Waals surface area contributed by atoms with Gasteiger partial charge < -0.3 is 10.4 Å². The molecule has 1 aliphatic carbocycles. The largest absolute Gasteiger partial charge is 0.490 e. The third-order valence-corrected chi connectivity index (χ3v) is 4.51. The lowest BCUT2D eigenvalue weighted by Crippen LogP contribution is -2.48. The quantitative estimate of drug-likeness (QED) is 0.780. The molecule has 1 saturated heterocycles. The number of carbonyl (C=O) groups is 1. The van der Waals surface area contributed by atoms with E-state index in [0.29, 0.717) is 6.04 Å². The maximum Gasteiger partial charge on any atom is 0.490 e. The van der Waals surface area contributed by atoms with Gasteiger partial charge in [0.25, 0.3) is 0 Å². The van der Waals surface area contributed by atoms with E-state index in [2.05, 4.69) is 16.3 Å². The molecule has 1 aliphatic heterocycles. The van der Waals surface area contributed by atoms with Crippen LogP contribution in [0, 0.1) is 5.82 Å². The third kappa shape index (κ3) is 6.10. The summed E-state index contributed by atoms with van der Waals surface area (Å²) in [6.07, 6.45) is 0.736. The van der Waals surface area contributed by atoms with E-state index in [0.717, 1.165) is 25.9 Å². The fourth-order valence-corrected chi connectivity index (χ4v) is 3.13. The highest BCUT2D eigenvalue weighted by Crippen LogP contribution is 2.29. The number of halogens is 4. The van der Waals surface area contributed by atoms with Crippen molar-refractivity contribution in [3.63, 3.8) is 0 Å². The van der Waals surface area contributed by atoms with Crippen LogP contribution in [-0.4, -0.2) is 54.4 Å². The summed E-state index contributed by atoms with van der Waals surface area (Å²) in [6, 6.07) is 7.60. The molecule has 1 aromatic rings. The second kappa shape index (κ2) is 9.14. The van der Waals surface area contributed by atoms with Crippen molar-refractivity contribution >= 4 is 11.5 Å². The molecule has 0 radical (unpaired) electrons. The molecule has 4 nitrogen and oxygen atoms in total. The summed E-state index contributed by atoms with van der Waals surface area (Å²) in [6.45, 7) is 4.57. The fraction of sp³-hybridized carbons (Fsp3) is 0.500. The van der Waals surface area contributed by atoms with Crippen LogP contribution in [0.2, 0.25) is 0 Å². The fourth-order valence-electron chi connectivity index (χ4n) is 3.13. The van der Waals surface area contributed by atoms with Gasteiger partial charge in [0.1, 0.15) is 5.82 Å². The Morgan fingerprint density at radius 1 is 1.15 bits per heavy atom. The summed E-state index contributed by atoms with van der Waals surface area (Å²) in [5.74, 6) is -2.91. The number of carboxylic acid groups (broad SMARTS) is 1. The number of allylic oxidation sites excluding steroid dienone is 1. The van der Waals surface area contributed by atoms with Crippen LogP contribution in [0.4, 0.5) is 17.6 Å². The highest BCUT2D eigenvalue weighted by Gasteiger charge is 2.38. The van der Waals surface area contributed by atoms with Gasteiger partial charge in [-0.3, -0.25) is 4.90 Å². The first-order valence-corrected chi connectivity index (χ1v) is 8.47. The summed E-state index contributed by atoms with van der Waals surface area (Å²) >= 11 is 0. The Morgan fingerprint density at radius 2 is 1.73 bits per heavy atom. The number of hydrogen-bond acceptors (Lipinski definition) is 3. The van der Waals surface area contributed by atoms with Gasteiger partial charge in [-0.05, 0) is 42.5 Å². The number of nitrogens with zero attached hydrogens (tertiary/aromatic N) is 1. The van der Waals surface area contributed by atoms with Crippen molar-refractivity contribution in [2.24, 2.45) is 0 Å². The number of alkyl halides is 3. The molecule has 1 atom stereocenters. The monoisotopic (exact) mass is 374 g/mol. The van der Waals surface area contributed by atoms with Crippen LogP contribution in [-0.2, 0) is 4.79 Å². The van der Waals surface area contributed by atoms with Crippen LogP contribution >= 0.6 is 0 Å². The van der Waals surface area contributed by atoms with Crippen molar-refractivity contribution in [3.8, 4) is 0 Å². The predicted molar refractivity (Wildman–Crippen MR) is 90.1 cm³/mol. The number of hydrogen-bond donors (Lipinski definition) is 2. The number of carboxylic acids is 1. The second-order valence-corrected chi connectivity index (χ2v) is 6.25. The van der Waals surface area contributed by atoms with Gasteiger partial charge in [0.15, 0.2) is 0 Å². The molecule has 8 heteroatoms. The Balaban J connectivity index is 0.000000298. The molecule has 0 aromatic heterocycles. The van der Waals surface area contributed by atoms with E-state index in [4.69, 9.17) is 9.90 Å². The zero-order valence-electron chi connectivity index (χ0n) is 14.2. The lowest BCUT2D eigenvalue weighted by Gasteiger charge is -2.36. The van der Waals surface area contributed by atoms with E-state index in [9.17, 15) is 17.6 Å². The maximum atomic E-state index is 12.9. The predicted octanol–water partition coefficient (Wildman–Crippen LogP) is 3.30. The van der Waals surface area contributed by atoms with Crippen molar-refractivity contribution < 1.29 is 27.5 Å². The minimum absolute atomic E-state index is 0.154. The van der Waals surface area contributed by atoms with E-state index in [1.807, 2.05) is 12.1 Å². The van der Waals surface area contributed by atoms with Crippen LogP contribution in [0.5, 0.6) is 0 Å². The Morgan fingerprint density at radius 3 is 2.19 bits per heavy atom. The molecule has 2 N–H and O–H groups in total. The average Bonchev–Trinajstić information content (AvgIpc) is 2.63. The van der Waals surface area contributed by atoms with Crippen molar-refractivity contribution in [1.82, 2.24) is 10.2 Å². The van der Waals surface area contributed by atoms with Crippen LogP contribution in [0.1, 0.15) is 24.8 Å². The first kappa shape index (κ1) is 20.4. The summed E-state index contributed by atoms with van der Waals surface area (Å²) < 4.78 is 44.7. The van der Waals surface area contributed by atoms with Crippen LogP contribution in [0.15, 0.2) is 30.3 Å². The van der Waals surface area contributed by atoms with Gasteiger partial charge in [0.05, 0.1) is 0 Å². The van der Waals surface area contributed by atoms with E-state index < -0.39 is 12.1 Å². The Kier molecular flexibility index (Phi) is 7.16. The second-order valence-electron chi connectivity index (χ2n) is 6.25. The Labute approximate surface area is 149 Å². The molecular weight excluding hydrogens is 352 g/mol. The summed E-state index contributed by atoms with van der Waals surface area (Å²) in [5.41, 5.74) is 2.56. The number of rotatable bonds is 2. The van der Waals surface area contributed by atoms with Crippen LogP contribution in [0.3, 0.4) is 0 Å². The van der Waals surface area contributed by atoms with Crippen LogP contribution < -0.4 is 5.32 Å². The zero-order valence-corrected chi connectivity index (χ0v) is 14.2. The first-order valence-electron chi connectivity index (χ1n) is 8.47. The van der Waals surface area contributed by atoms with Gasteiger partial charge in [0, 0.05) is 32.2 Å². The number of aliphatic carboxylic acids is 1. The highest BCUT2D eigenvalue weighted by atomic mass is 19.4. The van der Waals surface area contributed by atoms with Gasteiger partial charge in [0.2, 0.25) is 0 Å². The Bertz CT molecular complexity index is 623. The molecule has 0 spiro atoms. The summed E-state index contributed by atoms with van der Waals surface area (Å²) in [7, 11) is 0. The average molecular weight is 374 g/mol. The lowest BCUT2D eigenvalue weighted by atomic mass is 9.90. The third-order valence-electron chi connectivity index (χ3n) is 4.51. The summed E-state index contributed by atoms with van der Waals surface area (Å²) in [4.78, 5) is 11.5. The van der Waals surface area contributed by atoms with Crippen molar-refractivity contribution in [3.05, 3.63) is 41.7 Å². The Hall–Kier alpha value is -1.93. The van der Waals surface area contributed by atoms with Crippen molar-refractivity contribution in [1.29, 1.82) is 0 Å². The number of nitrogens with one attached hydrogen (secondary N) is 1. The molecule has 0 bridgehead atoms. The minimum Gasteiger partial charge on any atom is -0.475 e. The number of benzene rings is 1. The molecule has 1 fully saturated rings. The lowest BCUT2D eigenvalue weighted by molar-refractivity contribution is -0.192. The molecular formula is C18H22F4N2O2. The van der Waals surface area contributed by atoms with Gasteiger partial charge in [-0.1, -0.05) is 18.2 Å². The molecule has 1 unspecified atom stereocenters. The molecule has 1 aromatic carbocycles. The van der Waals surface area contributed by atoms with Crippen LogP contribution in [0.25, 0.3) is 5.57 Å². The van der Waals surface area contributed by atoms with Gasteiger partial charge in [-0.2, -0.15) is 13.2 Å². The highest BCUT2D eigenvalue weighted by molar-refractivity contribution is 5.73. The molecule has 26 heavy (non-hydrogen) atoms. The van der Waals surface area contributed by atoms with Crippen molar-refractivity contribution in [2.75, 3.05) is 26.2 Å². The molecule has 144 valence electrons. The SMILES string of the molecule is Fc1ccc(C2=CCC(N3CCNCC3)CC2)cc1.O=C(O)C(F)(F)F. The summed E-state index contributed by atoms with van der Waals surface area (Å²) in [5, 5.41) is 10.5. The first-order chi connectivity index (χ1) is 12.3. The number of piperazine rings is 1. The molecule has 1 heterocycles. The normalized spacial score (nSPS) is 21.4. The zero-order chi connectivity index (χ0) is 19.2. The van der Waals surface area contributed by atoms with E-state index in [-0.39, 0.29) is 5.82 Å². The molecule has 0 amide bonds. The van der Waals surface area contributed by atoms with E-state index >= 15 is 0 Å². The van der Waals surface area contributed by atoms with Gasteiger partial charge in [-0.15, -0.1) is 0 Å². The molecule has 3 rings (SSSR count). The standard InChI is InChI=1S/C16H21FN2.C2HF3O2/c17-15-5-1-13(2-6-15)14-3-7-16(8-4-14)19-11-9-18-10-12-19;3-2(4,5)1(6)7/h1-3,5-6,16,18H,4,7-12H2;(H,6,7). The smallest absolute Gasteiger partial charge is 0.475 e. The van der Waals surface area contributed by atoms with Gasteiger partial charge in [-0.25, -0.2) is 9.18 Å². The molecule has 0 saturated carbocycles. The van der Waals surface area contributed by atoms with Crippen molar-refractivity contribution in [2.45, 2.75) is 31.5 Å². The topological polar surface area (TPSA) is 52.6 Å². The minimum atomic E-state index is -5.08.